The summed E-state index contributed by atoms with van der Waals surface area (Å²) in [4.78, 5) is 0. The molecule has 0 aliphatic heterocycles. The van der Waals surface area contributed by atoms with Gasteiger partial charge in [0.25, 0.3) is 0 Å². The zero-order chi connectivity index (χ0) is 8.65. The molecule has 1 aromatic carbocycles. The second kappa shape index (κ2) is 10.8. The van der Waals surface area contributed by atoms with E-state index < -0.39 is 0 Å². The molecule has 0 saturated carbocycles. The van der Waals surface area contributed by atoms with Crippen molar-refractivity contribution in [3.8, 4) is 0 Å². The number of benzene rings is 1. The summed E-state index contributed by atoms with van der Waals surface area (Å²) in [7, 11) is 0. The number of rotatable bonds is 5. The Hall–Kier alpha value is -0.280. The van der Waals surface area contributed by atoms with E-state index >= 15 is 0 Å². The highest BCUT2D eigenvalue weighted by molar-refractivity contribution is 5.85. The van der Waals surface area contributed by atoms with E-state index in [4.69, 9.17) is 5.73 Å². The fourth-order valence-electron chi connectivity index (χ4n) is 1.10. The predicted octanol–water partition coefficient (Wildman–Crippen LogP) is 1.62. The molecule has 0 aliphatic rings. The summed E-state index contributed by atoms with van der Waals surface area (Å²) in [6.07, 6.45) is 1.08. The Morgan fingerprint density at radius 2 is 1.64 bits per heavy atom. The second-order valence-corrected chi connectivity index (χ2v) is 2.77. The molecule has 0 radical (unpaired) electrons. The van der Waals surface area contributed by atoms with Crippen LogP contribution in [0.2, 0.25) is 0 Å². The van der Waals surface area contributed by atoms with E-state index in [1.807, 2.05) is 6.07 Å². The molecule has 3 N–H and O–H groups in total. The van der Waals surface area contributed by atoms with Crippen LogP contribution in [-0.4, -0.2) is 19.6 Å². The lowest BCUT2D eigenvalue weighted by Crippen LogP contribution is -2.24. The van der Waals surface area contributed by atoms with Crippen molar-refractivity contribution in [2.45, 2.75) is 6.42 Å². The SMILES string of the molecule is Cl.Cl.NCCNCCc1ccccc1. The first-order chi connectivity index (χ1) is 5.93. The van der Waals surface area contributed by atoms with Crippen LogP contribution < -0.4 is 11.1 Å². The summed E-state index contributed by atoms with van der Waals surface area (Å²) < 4.78 is 0. The highest BCUT2D eigenvalue weighted by Crippen LogP contribution is 1.97. The number of nitrogens with two attached hydrogens (primary N) is 1. The van der Waals surface area contributed by atoms with Crippen LogP contribution in [0, 0.1) is 0 Å². The van der Waals surface area contributed by atoms with E-state index in [1.165, 1.54) is 5.56 Å². The molecule has 0 unspecified atom stereocenters. The third-order valence-corrected chi connectivity index (χ3v) is 1.75. The first-order valence-electron chi connectivity index (χ1n) is 4.38. The monoisotopic (exact) mass is 236 g/mol. The molecular formula is C10H18Cl2N2. The third-order valence-electron chi connectivity index (χ3n) is 1.75. The molecule has 82 valence electrons. The van der Waals surface area contributed by atoms with Crippen LogP contribution in [0.5, 0.6) is 0 Å². The molecule has 0 heterocycles. The largest absolute Gasteiger partial charge is 0.329 e. The minimum atomic E-state index is 0. The van der Waals surface area contributed by atoms with Crippen LogP contribution in [0.1, 0.15) is 5.56 Å². The molecule has 0 bridgehead atoms. The van der Waals surface area contributed by atoms with E-state index in [9.17, 15) is 0 Å². The lowest BCUT2D eigenvalue weighted by Gasteiger charge is -2.02. The summed E-state index contributed by atoms with van der Waals surface area (Å²) in [5.74, 6) is 0. The molecule has 0 spiro atoms. The fourth-order valence-corrected chi connectivity index (χ4v) is 1.10. The third kappa shape index (κ3) is 7.15. The van der Waals surface area contributed by atoms with Crippen LogP contribution in [0.3, 0.4) is 0 Å². The van der Waals surface area contributed by atoms with Gasteiger partial charge in [0.05, 0.1) is 0 Å². The normalized spacial score (nSPS) is 8.64. The lowest BCUT2D eigenvalue weighted by molar-refractivity contribution is 0.689. The summed E-state index contributed by atoms with van der Waals surface area (Å²) in [5.41, 5.74) is 6.72. The topological polar surface area (TPSA) is 38.0 Å². The smallest absolute Gasteiger partial charge is 0.00746 e. The number of halogens is 2. The minimum Gasteiger partial charge on any atom is -0.329 e. The van der Waals surface area contributed by atoms with Gasteiger partial charge in [0.2, 0.25) is 0 Å². The Labute approximate surface area is 98.1 Å². The van der Waals surface area contributed by atoms with Crippen molar-refractivity contribution >= 4 is 24.8 Å². The minimum absolute atomic E-state index is 0. The summed E-state index contributed by atoms with van der Waals surface area (Å²) >= 11 is 0. The zero-order valence-corrected chi connectivity index (χ0v) is 9.74. The maximum absolute atomic E-state index is 5.35. The Balaban J connectivity index is 0. The lowest BCUT2D eigenvalue weighted by atomic mass is 10.1. The molecule has 2 nitrogen and oxygen atoms in total. The molecule has 0 saturated heterocycles. The first-order valence-corrected chi connectivity index (χ1v) is 4.38. The standard InChI is InChI=1S/C10H16N2.2ClH/c11-7-9-12-8-6-10-4-2-1-3-5-10;;/h1-5,12H,6-9,11H2;2*1H. The summed E-state index contributed by atoms with van der Waals surface area (Å²) in [6.45, 7) is 2.64. The van der Waals surface area contributed by atoms with Crippen LogP contribution in [0.4, 0.5) is 0 Å². The average molecular weight is 237 g/mol. The van der Waals surface area contributed by atoms with Gasteiger partial charge in [0.1, 0.15) is 0 Å². The van der Waals surface area contributed by atoms with Crippen LogP contribution >= 0.6 is 24.8 Å². The Bertz CT molecular complexity index is 205. The van der Waals surface area contributed by atoms with Crippen LogP contribution in [0.25, 0.3) is 0 Å². The van der Waals surface area contributed by atoms with Crippen molar-refractivity contribution in [2.75, 3.05) is 19.6 Å². The van der Waals surface area contributed by atoms with E-state index in [1.54, 1.807) is 0 Å². The first kappa shape index (κ1) is 16.2. The van der Waals surface area contributed by atoms with Gasteiger partial charge in [-0.1, -0.05) is 30.3 Å². The number of nitrogens with one attached hydrogen (secondary N) is 1. The quantitative estimate of drug-likeness (QED) is 0.764. The summed E-state index contributed by atoms with van der Waals surface area (Å²) in [6, 6.07) is 10.5. The van der Waals surface area contributed by atoms with Crippen LogP contribution in [-0.2, 0) is 6.42 Å². The van der Waals surface area contributed by atoms with E-state index in [0.717, 1.165) is 26.1 Å². The van der Waals surface area contributed by atoms with Crippen molar-refractivity contribution < 1.29 is 0 Å². The van der Waals surface area contributed by atoms with Gasteiger partial charge >= 0.3 is 0 Å². The van der Waals surface area contributed by atoms with Gasteiger partial charge in [-0.3, -0.25) is 0 Å². The molecule has 0 amide bonds. The van der Waals surface area contributed by atoms with Gasteiger partial charge < -0.3 is 11.1 Å². The second-order valence-electron chi connectivity index (χ2n) is 2.77. The fraction of sp³-hybridized carbons (Fsp3) is 0.400. The Morgan fingerprint density at radius 3 is 2.21 bits per heavy atom. The van der Waals surface area contributed by atoms with Crippen molar-refractivity contribution in [3.05, 3.63) is 35.9 Å². The predicted molar refractivity (Wildman–Crippen MR) is 66.6 cm³/mol. The van der Waals surface area contributed by atoms with E-state index in [2.05, 4.69) is 29.6 Å². The molecule has 0 atom stereocenters. The van der Waals surface area contributed by atoms with Gasteiger partial charge in [-0.05, 0) is 18.5 Å². The number of hydrogen-bond acceptors (Lipinski definition) is 2. The highest BCUT2D eigenvalue weighted by atomic mass is 35.5. The van der Waals surface area contributed by atoms with Crippen molar-refractivity contribution in [2.24, 2.45) is 5.73 Å². The van der Waals surface area contributed by atoms with Gasteiger partial charge in [0.15, 0.2) is 0 Å². The maximum atomic E-state index is 5.35. The molecule has 4 heteroatoms. The van der Waals surface area contributed by atoms with E-state index in [0.29, 0.717) is 0 Å². The van der Waals surface area contributed by atoms with Crippen molar-refractivity contribution in [1.29, 1.82) is 0 Å². The maximum Gasteiger partial charge on any atom is 0.00746 e. The summed E-state index contributed by atoms with van der Waals surface area (Å²) in [5, 5.41) is 3.26. The van der Waals surface area contributed by atoms with Gasteiger partial charge in [0, 0.05) is 13.1 Å². The van der Waals surface area contributed by atoms with Gasteiger partial charge in [-0.15, -0.1) is 24.8 Å². The molecule has 14 heavy (non-hydrogen) atoms. The highest BCUT2D eigenvalue weighted by Gasteiger charge is 1.89. The van der Waals surface area contributed by atoms with Crippen molar-refractivity contribution in [3.63, 3.8) is 0 Å². The molecular weight excluding hydrogens is 219 g/mol. The molecule has 0 aliphatic carbocycles. The number of hydrogen-bond donors (Lipinski definition) is 2. The Kier molecular flexibility index (Phi) is 12.5. The molecule has 1 aromatic rings. The molecule has 0 aromatic heterocycles. The van der Waals surface area contributed by atoms with Gasteiger partial charge in [-0.25, -0.2) is 0 Å². The van der Waals surface area contributed by atoms with Crippen molar-refractivity contribution in [1.82, 2.24) is 5.32 Å². The van der Waals surface area contributed by atoms with Gasteiger partial charge in [-0.2, -0.15) is 0 Å². The van der Waals surface area contributed by atoms with Crippen LogP contribution in [0.15, 0.2) is 30.3 Å². The molecule has 1 rings (SSSR count). The molecule has 0 fully saturated rings. The zero-order valence-electron chi connectivity index (χ0n) is 8.11. The average Bonchev–Trinajstić information content (AvgIpc) is 2.14. The Morgan fingerprint density at radius 1 is 1.00 bits per heavy atom. The van der Waals surface area contributed by atoms with E-state index in [-0.39, 0.29) is 24.8 Å².